The third-order valence-corrected chi connectivity index (χ3v) is 4.86. The van der Waals surface area contributed by atoms with E-state index in [0.717, 1.165) is 18.6 Å². The highest BCUT2D eigenvalue weighted by Gasteiger charge is 2.43. The number of piperidine rings is 1. The van der Waals surface area contributed by atoms with Crippen LogP contribution in [0.4, 0.5) is 0 Å². The highest BCUT2D eigenvalue weighted by Crippen LogP contribution is 2.33. The van der Waals surface area contributed by atoms with E-state index in [0.29, 0.717) is 5.92 Å². The van der Waals surface area contributed by atoms with Crippen LogP contribution < -0.4 is 0 Å². The quantitative estimate of drug-likeness (QED) is 0.820. The molecule has 2 aliphatic rings. The van der Waals surface area contributed by atoms with E-state index in [1.807, 2.05) is 11.3 Å². The molecule has 0 amide bonds. The minimum absolute atomic E-state index is 0.557. The first-order valence-corrected chi connectivity index (χ1v) is 7.40. The van der Waals surface area contributed by atoms with Crippen LogP contribution in [0.15, 0.2) is 5.38 Å². The Morgan fingerprint density at radius 1 is 1.41 bits per heavy atom. The molecule has 3 rings (SSSR count). The molecule has 0 radical (unpaired) electrons. The van der Waals surface area contributed by atoms with Crippen LogP contribution in [0.2, 0.25) is 0 Å². The summed E-state index contributed by atoms with van der Waals surface area (Å²) in [5.41, 5.74) is 1.26. The van der Waals surface area contributed by atoms with Gasteiger partial charge in [-0.25, -0.2) is 4.98 Å². The Hall–Kier alpha value is -0.450. The van der Waals surface area contributed by atoms with Gasteiger partial charge >= 0.3 is 0 Å². The number of thiazole rings is 1. The summed E-state index contributed by atoms with van der Waals surface area (Å²) in [7, 11) is 2.23. The first-order valence-electron chi connectivity index (χ1n) is 6.52. The minimum atomic E-state index is 0.557. The normalized spacial score (nSPS) is 29.6. The number of hydrogen-bond acceptors (Lipinski definition) is 4. The van der Waals surface area contributed by atoms with E-state index >= 15 is 0 Å². The number of nitrogens with zero attached hydrogens (tertiary/aromatic N) is 3. The number of rotatable bonds is 3. The summed E-state index contributed by atoms with van der Waals surface area (Å²) in [6.07, 6.45) is 1.40. The Labute approximate surface area is 107 Å². The van der Waals surface area contributed by atoms with E-state index < -0.39 is 0 Å². The van der Waals surface area contributed by atoms with Gasteiger partial charge in [-0.15, -0.1) is 11.3 Å². The highest BCUT2D eigenvalue weighted by molar-refractivity contribution is 7.09. The van der Waals surface area contributed by atoms with Gasteiger partial charge in [0.05, 0.1) is 12.2 Å². The third kappa shape index (κ3) is 2.14. The lowest BCUT2D eigenvalue weighted by molar-refractivity contribution is -0.0668. The SMILES string of the molecule is CC(C)c1csc(CN2C3CC2CN(C)C3)n1. The molecule has 17 heavy (non-hydrogen) atoms. The van der Waals surface area contributed by atoms with Crippen molar-refractivity contribution in [2.24, 2.45) is 0 Å². The summed E-state index contributed by atoms with van der Waals surface area (Å²) < 4.78 is 0. The summed E-state index contributed by atoms with van der Waals surface area (Å²) in [4.78, 5) is 9.84. The van der Waals surface area contributed by atoms with Crippen molar-refractivity contribution in [3.05, 3.63) is 16.1 Å². The van der Waals surface area contributed by atoms with Crippen molar-refractivity contribution in [3.8, 4) is 0 Å². The molecule has 0 saturated carbocycles. The van der Waals surface area contributed by atoms with E-state index in [1.54, 1.807) is 0 Å². The molecule has 94 valence electrons. The van der Waals surface area contributed by atoms with E-state index in [1.165, 1.54) is 30.2 Å². The summed E-state index contributed by atoms with van der Waals surface area (Å²) in [5.74, 6) is 0.557. The molecule has 1 aromatic heterocycles. The number of piperazine rings is 1. The number of likely N-dealkylation sites (N-methyl/N-ethyl adjacent to an activating group) is 1. The second kappa shape index (κ2) is 4.34. The van der Waals surface area contributed by atoms with Gasteiger partial charge in [-0.3, -0.25) is 4.90 Å². The molecule has 2 saturated heterocycles. The van der Waals surface area contributed by atoms with Gasteiger partial charge in [0, 0.05) is 30.6 Å². The Morgan fingerprint density at radius 3 is 2.71 bits per heavy atom. The molecule has 3 nitrogen and oxygen atoms in total. The average molecular weight is 251 g/mol. The number of likely N-dealkylation sites (tertiary alicyclic amines) is 2. The Balaban J connectivity index is 1.64. The van der Waals surface area contributed by atoms with Crippen molar-refractivity contribution in [2.75, 3.05) is 20.1 Å². The van der Waals surface area contributed by atoms with Gasteiger partial charge in [0.15, 0.2) is 0 Å². The lowest BCUT2D eigenvalue weighted by Crippen LogP contribution is -2.67. The maximum Gasteiger partial charge on any atom is 0.107 e. The maximum atomic E-state index is 4.74. The Morgan fingerprint density at radius 2 is 2.12 bits per heavy atom. The molecule has 1 aromatic rings. The molecule has 2 fully saturated rings. The third-order valence-electron chi connectivity index (χ3n) is 4.01. The molecule has 0 aromatic carbocycles. The van der Waals surface area contributed by atoms with Crippen LogP contribution in [-0.2, 0) is 6.54 Å². The number of hydrogen-bond donors (Lipinski definition) is 0. The second-order valence-electron chi connectivity index (χ2n) is 5.76. The van der Waals surface area contributed by atoms with E-state index in [-0.39, 0.29) is 0 Å². The average Bonchev–Trinajstić information content (AvgIpc) is 2.74. The van der Waals surface area contributed by atoms with Crippen LogP contribution in [0, 0.1) is 0 Å². The zero-order chi connectivity index (χ0) is 12.0. The zero-order valence-corrected chi connectivity index (χ0v) is 11.7. The van der Waals surface area contributed by atoms with Gasteiger partial charge in [-0.1, -0.05) is 13.8 Å². The molecule has 0 spiro atoms. The van der Waals surface area contributed by atoms with Crippen LogP contribution >= 0.6 is 11.3 Å². The minimum Gasteiger partial charge on any atom is -0.303 e. The van der Waals surface area contributed by atoms with Crippen LogP contribution in [0.25, 0.3) is 0 Å². The van der Waals surface area contributed by atoms with Crippen LogP contribution in [0.1, 0.15) is 36.9 Å². The molecule has 2 atom stereocenters. The zero-order valence-electron chi connectivity index (χ0n) is 10.9. The van der Waals surface area contributed by atoms with Crippen molar-refractivity contribution in [1.29, 1.82) is 0 Å². The van der Waals surface area contributed by atoms with Crippen molar-refractivity contribution >= 4 is 11.3 Å². The van der Waals surface area contributed by atoms with Gasteiger partial charge in [0.25, 0.3) is 0 Å². The summed E-state index contributed by atoms with van der Waals surface area (Å²) in [6.45, 7) is 7.97. The van der Waals surface area contributed by atoms with E-state index in [4.69, 9.17) is 4.98 Å². The van der Waals surface area contributed by atoms with Crippen molar-refractivity contribution in [3.63, 3.8) is 0 Å². The molecule has 3 heterocycles. The largest absolute Gasteiger partial charge is 0.303 e. The number of aromatic nitrogens is 1. The first kappa shape index (κ1) is 11.6. The first-order chi connectivity index (χ1) is 8.13. The fourth-order valence-electron chi connectivity index (χ4n) is 2.98. The standard InChI is InChI=1S/C13H21N3S/c1-9(2)12-8-17-13(14-12)7-16-10-4-11(16)6-15(3)5-10/h8-11H,4-7H2,1-3H3. The highest BCUT2D eigenvalue weighted by atomic mass is 32.1. The predicted octanol–water partition coefficient (Wildman–Crippen LogP) is 2.15. The smallest absolute Gasteiger partial charge is 0.107 e. The lowest BCUT2D eigenvalue weighted by Gasteiger charge is -2.55. The van der Waals surface area contributed by atoms with E-state index in [9.17, 15) is 0 Å². The fraction of sp³-hybridized carbons (Fsp3) is 0.769. The molecule has 0 N–H and O–H groups in total. The van der Waals surface area contributed by atoms with Gasteiger partial charge in [0.2, 0.25) is 0 Å². The molecule has 2 bridgehead atoms. The molecule has 4 heteroatoms. The predicted molar refractivity (Wildman–Crippen MR) is 71.4 cm³/mol. The molecular formula is C13H21N3S. The molecule has 2 unspecified atom stereocenters. The summed E-state index contributed by atoms with van der Waals surface area (Å²) in [6, 6.07) is 1.57. The van der Waals surface area contributed by atoms with Gasteiger partial charge < -0.3 is 4.90 Å². The molecular weight excluding hydrogens is 230 g/mol. The second-order valence-corrected chi connectivity index (χ2v) is 6.70. The van der Waals surface area contributed by atoms with Crippen molar-refractivity contribution < 1.29 is 0 Å². The summed E-state index contributed by atoms with van der Waals surface area (Å²) in [5, 5.41) is 3.52. The van der Waals surface area contributed by atoms with Crippen molar-refractivity contribution in [2.45, 2.75) is 44.8 Å². The molecule has 0 aliphatic carbocycles. The monoisotopic (exact) mass is 251 g/mol. The maximum absolute atomic E-state index is 4.74. The van der Waals surface area contributed by atoms with Crippen LogP contribution in [0.5, 0.6) is 0 Å². The number of fused-ring (bicyclic) bond motifs is 2. The Kier molecular flexibility index (Phi) is 2.97. The van der Waals surface area contributed by atoms with Crippen LogP contribution in [-0.4, -0.2) is 47.0 Å². The fourth-order valence-corrected chi connectivity index (χ4v) is 3.94. The Bertz CT molecular complexity index is 389. The topological polar surface area (TPSA) is 19.4 Å². The van der Waals surface area contributed by atoms with Gasteiger partial charge in [0.1, 0.15) is 5.01 Å². The van der Waals surface area contributed by atoms with Crippen molar-refractivity contribution in [1.82, 2.24) is 14.8 Å². The van der Waals surface area contributed by atoms with E-state index in [2.05, 4.69) is 36.1 Å². The van der Waals surface area contributed by atoms with Crippen LogP contribution in [0.3, 0.4) is 0 Å². The van der Waals surface area contributed by atoms with Gasteiger partial charge in [-0.05, 0) is 19.4 Å². The molecule has 2 aliphatic heterocycles. The lowest BCUT2D eigenvalue weighted by atomic mass is 9.88. The van der Waals surface area contributed by atoms with Gasteiger partial charge in [-0.2, -0.15) is 0 Å². The summed E-state index contributed by atoms with van der Waals surface area (Å²) >= 11 is 1.83.